The smallest absolute Gasteiger partial charge is 0.203 e. The first-order valence-corrected chi connectivity index (χ1v) is 14.4. The van der Waals surface area contributed by atoms with Crippen LogP contribution in [0.1, 0.15) is 22.3 Å². The van der Waals surface area contributed by atoms with Crippen LogP contribution < -0.4 is 0 Å². The zero-order valence-corrected chi connectivity index (χ0v) is 22.2. The lowest BCUT2D eigenvalue weighted by atomic mass is 10.1. The minimum Gasteiger partial charge on any atom is -0.203 e. The minimum absolute atomic E-state index is 0.211. The second-order valence-electron chi connectivity index (χ2n) is 8.63. The molecule has 0 saturated heterocycles. The SMILES string of the molecule is Cc1cccc(C)c1S(OS(=O)(=O)c1ccc(C(F)(F)F)cc1C(F)(F)F)(c1ccccc1)c1ccccc1. The highest BCUT2D eigenvalue weighted by Gasteiger charge is 2.45. The van der Waals surface area contributed by atoms with Crippen molar-refractivity contribution in [3.05, 3.63) is 119 Å². The summed E-state index contributed by atoms with van der Waals surface area (Å²) < 4.78 is 115. The Labute approximate surface area is 223 Å². The van der Waals surface area contributed by atoms with Gasteiger partial charge in [-0.1, -0.05) is 54.6 Å². The molecule has 0 radical (unpaired) electrons. The molecular weight excluding hydrogens is 562 g/mol. The molecule has 4 aromatic rings. The third kappa shape index (κ3) is 5.57. The van der Waals surface area contributed by atoms with E-state index in [2.05, 4.69) is 0 Å². The quantitative estimate of drug-likeness (QED) is 0.213. The highest BCUT2D eigenvalue weighted by atomic mass is 32.3. The summed E-state index contributed by atoms with van der Waals surface area (Å²) in [5.74, 6) is 0. The summed E-state index contributed by atoms with van der Waals surface area (Å²) in [7, 11) is -8.60. The monoisotopic (exact) mass is 584 g/mol. The number of hydrogen-bond donors (Lipinski definition) is 0. The molecule has 0 fully saturated rings. The van der Waals surface area contributed by atoms with Crippen molar-refractivity contribution in [2.24, 2.45) is 0 Å². The molecule has 4 rings (SSSR count). The fraction of sp³-hybridized carbons (Fsp3) is 0.143. The Bertz CT molecular complexity index is 1520. The van der Waals surface area contributed by atoms with Gasteiger partial charge >= 0.3 is 22.5 Å². The number of halogens is 6. The predicted octanol–water partition coefficient (Wildman–Crippen LogP) is 8.94. The van der Waals surface area contributed by atoms with Crippen LogP contribution >= 0.6 is 10.3 Å². The molecule has 0 aliphatic rings. The van der Waals surface area contributed by atoms with Crippen LogP contribution in [0.4, 0.5) is 26.3 Å². The van der Waals surface area contributed by atoms with Crippen LogP contribution in [0.5, 0.6) is 0 Å². The molecule has 0 heterocycles. The molecule has 3 nitrogen and oxygen atoms in total. The Morgan fingerprint density at radius 3 is 1.54 bits per heavy atom. The maximum atomic E-state index is 14.0. The average molecular weight is 585 g/mol. The van der Waals surface area contributed by atoms with Crippen molar-refractivity contribution in [3.8, 4) is 0 Å². The van der Waals surface area contributed by atoms with Gasteiger partial charge in [0.2, 0.25) is 0 Å². The van der Waals surface area contributed by atoms with E-state index in [1.165, 1.54) is 0 Å². The van der Waals surface area contributed by atoms with E-state index in [0.29, 0.717) is 37.9 Å². The van der Waals surface area contributed by atoms with Gasteiger partial charge in [0.15, 0.2) is 0 Å². The molecule has 0 N–H and O–H groups in total. The van der Waals surface area contributed by atoms with Gasteiger partial charge in [-0.05, 0) is 77.7 Å². The molecular formula is C28H22F6O3S2. The van der Waals surface area contributed by atoms with E-state index in [9.17, 15) is 34.8 Å². The van der Waals surface area contributed by atoms with Crippen molar-refractivity contribution in [3.63, 3.8) is 0 Å². The summed E-state index contributed by atoms with van der Waals surface area (Å²) in [4.78, 5) is -0.209. The van der Waals surface area contributed by atoms with Crippen LogP contribution in [-0.2, 0) is 26.1 Å². The van der Waals surface area contributed by atoms with Crippen LogP contribution in [0.25, 0.3) is 0 Å². The van der Waals surface area contributed by atoms with E-state index in [-0.39, 0.29) is 6.07 Å². The van der Waals surface area contributed by atoms with Gasteiger partial charge in [-0.2, -0.15) is 34.8 Å². The fourth-order valence-corrected chi connectivity index (χ4v) is 10.1. The van der Waals surface area contributed by atoms with Crippen molar-refractivity contribution in [2.45, 2.75) is 45.8 Å². The van der Waals surface area contributed by atoms with E-state index < -0.39 is 48.8 Å². The molecule has 0 aromatic heterocycles. The van der Waals surface area contributed by atoms with Crippen molar-refractivity contribution in [2.75, 3.05) is 0 Å². The van der Waals surface area contributed by atoms with Gasteiger partial charge in [0, 0.05) is 14.7 Å². The number of rotatable bonds is 6. The van der Waals surface area contributed by atoms with E-state index >= 15 is 0 Å². The second kappa shape index (κ2) is 10.4. The van der Waals surface area contributed by atoms with Crippen molar-refractivity contribution in [1.82, 2.24) is 0 Å². The van der Waals surface area contributed by atoms with Gasteiger partial charge in [0.05, 0.1) is 11.1 Å². The maximum Gasteiger partial charge on any atom is 0.417 e. The number of alkyl halides is 6. The third-order valence-corrected chi connectivity index (χ3v) is 11.4. The number of hydrogen-bond acceptors (Lipinski definition) is 3. The lowest BCUT2D eigenvalue weighted by molar-refractivity contribution is -0.144. The molecule has 0 bridgehead atoms. The summed E-state index contributed by atoms with van der Waals surface area (Å²) in [5, 5.41) is 0. The van der Waals surface area contributed by atoms with Crippen LogP contribution in [0, 0.1) is 13.8 Å². The van der Waals surface area contributed by atoms with E-state index in [0.717, 1.165) is 0 Å². The van der Waals surface area contributed by atoms with Crippen molar-refractivity contribution < 1.29 is 38.4 Å². The summed E-state index contributed by atoms with van der Waals surface area (Å²) in [6.07, 6.45) is -10.5. The third-order valence-electron chi connectivity index (χ3n) is 5.92. The van der Waals surface area contributed by atoms with Crippen LogP contribution in [0.2, 0.25) is 0 Å². The van der Waals surface area contributed by atoms with Crippen LogP contribution in [0.3, 0.4) is 0 Å². The highest BCUT2D eigenvalue weighted by molar-refractivity contribution is 8.33. The Kier molecular flexibility index (Phi) is 7.63. The molecule has 39 heavy (non-hydrogen) atoms. The molecule has 0 atom stereocenters. The summed E-state index contributed by atoms with van der Waals surface area (Å²) >= 11 is 0. The van der Waals surface area contributed by atoms with E-state index in [1.54, 1.807) is 92.7 Å². The number of aryl methyl sites for hydroxylation is 2. The Balaban J connectivity index is 2.08. The number of benzene rings is 4. The Morgan fingerprint density at radius 2 is 1.10 bits per heavy atom. The van der Waals surface area contributed by atoms with Gasteiger partial charge in [-0.3, -0.25) is 0 Å². The van der Waals surface area contributed by atoms with Gasteiger partial charge < -0.3 is 0 Å². The minimum atomic E-state index is -5.41. The standard InChI is InChI=1S/C28H22F6O3S2/c1-19-10-9-11-20(2)26(19)38(22-12-5-3-6-13-22,23-14-7-4-8-15-23)37-39(35,36)25-17-16-21(27(29,30)31)18-24(25)28(32,33)34/h3-18H,1-2H3. The molecule has 0 aliphatic carbocycles. The molecule has 206 valence electrons. The molecule has 0 unspecified atom stereocenters. The first-order valence-electron chi connectivity index (χ1n) is 11.4. The normalized spacial score (nSPS) is 13.3. The second-order valence-corrected chi connectivity index (χ2v) is 13.0. The zero-order chi connectivity index (χ0) is 28.6. The zero-order valence-electron chi connectivity index (χ0n) is 20.5. The highest BCUT2D eigenvalue weighted by Crippen LogP contribution is 2.71. The summed E-state index contributed by atoms with van der Waals surface area (Å²) in [6, 6.07) is 22.0. The average Bonchev–Trinajstić information content (AvgIpc) is 2.87. The largest absolute Gasteiger partial charge is 0.417 e. The Hall–Kier alpha value is -3.28. The predicted molar refractivity (Wildman–Crippen MR) is 136 cm³/mol. The van der Waals surface area contributed by atoms with Crippen LogP contribution in [0.15, 0.2) is 117 Å². The van der Waals surface area contributed by atoms with Crippen molar-refractivity contribution >= 4 is 20.4 Å². The first kappa shape index (κ1) is 28.7. The molecule has 0 aliphatic heterocycles. The summed E-state index contributed by atoms with van der Waals surface area (Å²) in [6.45, 7) is 3.45. The lowest BCUT2D eigenvalue weighted by Gasteiger charge is -2.41. The Morgan fingerprint density at radius 1 is 0.615 bits per heavy atom. The molecule has 0 amide bonds. The van der Waals surface area contributed by atoms with E-state index in [1.807, 2.05) is 0 Å². The first-order chi connectivity index (χ1) is 18.2. The van der Waals surface area contributed by atoms with Crippen LogP contribution in [-0.4, -0.2) is 8.42 Å². The molecule has 11 heteroatoms. The molecule has 0 saturated carbocycles. The fourth-order valence-electron chi connectivity index (χ4n) is 4.28. The van der Waals surface area contributed by atoms with Gasteiger partial charge in [-0.15, -0.1) is 0 Å². The van der Waals surface area contributed by atoms with E-state index in [4.69, 9.17) is 3.63 Å². The molecule has 4 aromatic carbocycles. The summed E-state index contributed by atoms with van der Waals surface area (Å²) in [5.41, 5.74) is -2.35. The maximum absolute atomic E-state index is 14.0. The van der Waals surface area contributed by atoms with Gasteiger partial charge in [0.1, 0.15) is 4.90 Å². The van der Waals surface area contributed by atoms with Crippen molar-refractivity contribution in [1.29, 1.82) is 0 Å². The molecule has 0 spiro atoms. The lowest BCUT2D eigenvalue weighted by Crippen LogP contribution is -2.20. The van der Waals surface area contributed by atoms with Gasteiger partial charge in [0.25, 0.3) is 0 Å². The topological polar surface area (TPSA) is 43.4 Å². The van der Waals surface area contributed by atoms with Gasteiger partial charge in [-0.25, -0.2) is 3.63 Å².